The van der Waals surface area contributed by atoms with Gasteiger partial charge in [-0.1, -0.05) is 12.8 Å². The van der Waals surface area contributed by atoms with Crippen LogP contribution in [0.3, 0.4) is 0 Å². The smallest absolute Gasteiger partial charge is 0.234 e. The lowest BCUT2D eigenvalue weighted by Crippen LogP contribution is -2.43. The molecule has 0 spiro atoms. The summed E-state index contributed by atoms with van der Waals surface area (Å²) in [7, 11) is 0. The lowest BCUT2D eigenvalue weighted by Gasteiger charge is -2.23. The third-order valence-corrected chi connectivity index (χ3v) is 3.78. The van der Waals surface area contributed by atoms with E-state index >= 15 is 0 Å². The predicted molar refractivity (Wildman–Crippen MR) is 62.1 cm³/mol. The molecule has 1 atom stereocenters. The standard InChI is InChI=1S/C12H22N2O2/c15-9-11-6-3-7-14(11)8-12(16)13-10-4-1-2-5-10/h10-11,15H,1-9H2,(H,13,16)/t11-/m0/s1. The number of aliphatic hydroxyl groups excluding tert-OH is 1. The Kier molecular flexibility index (Phi) is 4.18. The minimum absolute atomic E-state index is 0.132. The van der Waals surface area contributed by atoms with E-state index in [0.29, 0.717) is 12.6 Å². The Morgan fingerprint density at radius 3 is 2.69 bits per heavy atom. The number of rotatable bonds is 4. The molecule has 1 saturated carbocycles. The second-order valence-electron chi connectivity index (χ2n) is 5.00. The molecule has 2 N–H and O–H groups in total. The molecule has 0 aromatic rings. The van der Waals surface area contributed by atoms with Gasteiger partial charge in [-0.05, 0) is 32.2 Å². The number of nitrogens with zero attached hydrogens (tertiary/aromatic N) is 1. The van der Waals surface area contributed by atoms with Crippen LogP contribution in [-0.2, 0) is 4.79 Å². The summed E-state index contributed by atoms with van der Waals surface area (Å²) < 4.78 is 0. The summed E-state index contributed by atoms with van der Waals surface area (Å²) >= 11 is 0. The van der Waals surface area contributed by atoms with E-state index in [-0.39, 0.29) is 18.6 Å². The lowest BCUT2D eigenvalue weighted by atomic mass is 10.2. The Morgan fingerprint density at radius 2 is 2.00 bits per heavy atom. The summed E-state index contributed by atoms with van der Waals surface area (Å²) in [5.41, 5.74) is 0. The van der Waals surface area contributed by atoms with E-state index in [0.717, 1.165) is 32.2 Å². The van der Waals surface area contributed by atoms with E-state index in [1.54, 1.807) is 0 Å². The molecule has 1 heterocycles. The third kappa shape index (κ3) is 2.95. The van der Waals surface area contributed by atoms with Crippen LogP contribution in [0, 0.1) is 0 Å². The van der Waals surface area contributed by atoms with Crippen LogP contribution in [0.5, 0.6) is 0 Å². The first kappa shape index (κ1) is 11.9. The van der Waals surface area contributed by atoms with Crippen molar-refractivity contribution in [3.63, 3.8) is 0 Å². The van der Waals surface area contributed by atoms with Crippen LogP contribution in [-0.4, -0.2) is 47.7 Å². The fourth-order valence-corrected chi connectivity index (χ4v) is 2.84. The molecular formula is C12H22N2O2. The molecule has 16 heavy (non-hydrogen) atoms. The molecule has 0 radical (unpaired) electrons. The monoisotopic (exact) mass is 226 g/mol. The first-order valence-electron chi connectivity index (χ1n) is 6.44. The van der Waals surface area contributed by atoms with Crippen molar-refractivity contribution >= 4 is 5.91 Å². The van der Waals surface area contributed by atoms with Crippen LogP contribution in [0.2, 0.25) is 0 Å². The molecule has 1 saturated heterocycles. The fourth-order valence-electron chi connectivity index (χ4n) is 2.84. The van der Waals surface area contributed by atoms with Gasteiger partial charge in [0.15, 0.2) is 0 Å². The summed E-state index contributed by atoms with van der Waals surface area (Å²) in [6.07, 6.45) is 6.88. The minimum atomic E-state index is 0.132. The van der Waals surface area contributed by atoms with E-state index in [1.807, 2.05) is 0 Å². The molecule has 0 bridgehead atoms. The van der Waals surface area contributed by atoms with Gasteiger partial charge in [0.1, 0.15) is 0 Å². The summed E-state index contributed by atoms with van der Waals surface area (Å²) in [5.74, 6) is 0.132. The van der Waals surface area contributed by atoms with Crippen molar-refractivity contribution < 1.29 is 9.90 Å². The molecule has 2 fully saturated rings. The van der Waals surface area contributed by atoms with Crippen molar-refractivity contribution in [2.24, 2.45) is 0 Å². The molecule has 1 aliphatic carbocycles. The number of hydrogen-bond donors (Lipinski definition) is 2. The Morgan fingerprint density at radius 1 is 1.25 bits per heavy atom. The molecular weight excluding hydrogens is 204 g/mol. The second kappa shape index (κ2) is 5.64. The van der Waals surface area contributed by atoms with Gasteiger partial charge in [0, 0.05) is 12.1 Å². The number of amides is 1. The van der Waals surface area contributed by atoms with E-state index in [2.05, 4.69) is 10.2 Å². The van der Waals surface area contributed by atoms with Gasteiger partial charge >= 0.3 is 0 Å². The minimum Gasteiger partial charge on any atom is -0.395 e. The number of nitrogens with one attached hydrogen (secondary N) is 1. The summed E-state index contributed by atoms with van der Waals surface area (Å²) in [5, 5.41) is 12.2. The molecule has 2 rings (SSSR count). The van der Waals surface area contributed by atoms with Crippen LogP contribution in [0.1, 0.15) is 38.5 Å². The number of carbonyl (C=O) groups excluding carboxylic acids is 1. The molecule has 4 heteroatoms. The van der Waals surface area contributed by atoms with Gasteiger partial charge in [-0.2, -0.15) is 0 Å². The van der Waals surface area contributed by atoms with Crippen molar-refractivity contribution in [1.29, 1.82) is 0 Å². The van der Waals surface area contributed by atoms with E-state index in [9.17, 15) is 4.79 Å². The highest BCUT2D eigenvalue weighted by molar-refractivity contribution is 5.78. The average molecular weight is 226 g/mol. The Hall–Kier alpha value is -0.610. The van der Waals surface area contributed by atoms with Crippen LogP contribution in [0.25, 0.3) is 0 Å². The highest BCUT2D eigenvalue weighted by Gasteiger charge is 2.26. The topological polar surface area (TPSA) is 52.6 Å². The van der Waals surface area contributed by atoms with Crippen LogP contribution < -0.4 is 5.32 Å². The van der Waals surface area contributed by atoms with Crippen LogP contribution in [0.4, 0.5) is 0 Å². The number of aliphatic hydroxyl groups is 1. The largest absolute Gasteiger partial charge is 0.395 e. The quantitative estimate of drug-likeness (QED) is 0.734. The molecule has 92 valence electrons. The van der Waals surface area contributed by atoms with Gasteiger partial charge in [-0.3, -0.25) is 9.69 Å². The van der Waals surface area contributed by atoms with Crippen molar-refractivity contribution in [3.05, 3.63) is 0 Å². The molecule has 0 aromatic carbocycles. The van der Waals surface area contributed by atoms with Crippen molar-refractivity contribution in [2.45, 2.75) is 50.6 Å². The first-order chi connectivity index (χ1) is 7.79. The number of carbonyl (C=O) groups is 1. The second-order valence-corrected chi connectivity index (χ2v) is 5.00. The molecule has 0 aromatic heterocycles. The van der Waals surface area contributed by atoms with Crippen LogP contribution >= 0.6 is 0 Å². The van der Waals surface area contributed by atoms with E-state index < -0.39 is 0 Å². The van der Waals surface area contributed by atoms with Crippen molar-refractivity contribution in [1.82, 2.24) is 10.2 Å². The predicted octanol–water partition coefficient (Wildman–Crippen LogP) is 0.502. The van der Waals surface area contributed by atoms with Gasteiger partial charge in [-0.15, -0.1) is 0 Å². The normalized spacial score (nSPS) is 27.4. The molecule has 0 unspecified atom stereocenters. The van der Waals surface area contributed by atoms with Gasteiger partial charge in [0.25, 0.3) is 0 Å². The zero-order valence-corrected chi connectivity index (χ0v) is 9.82. The zero-order chi connectivity index (χ0) is 11.4. The van der Waals surface area contributed by atoms with Gasteiger partial charge < -0.3 is 10.4 Å². The first-order valence-corrected chi connectivity index (χ1v) is 6.44. The number of hydrogen-bond acceptors (Lipinski definition) is 3. The maximum absolute atomic E-state index is 11.8. The zero-order valence-electron chi connectivity index (χ0n) is 9.82. The molecule has 2 aliphatic rings. The maximum Gasteiger partial charge on any atom is 0.234 e. The summed E-state index contributed by atoms with van der Waals surface area (Å²) in [4.78, 5) is 13.9. The van der Waals surface area contributed by atoms with E-state index in [1.165, 1.54) is 12.8 Å². The number of likely N-dealkylation sites (tertiary alicyclic amines) is 1. The average Bonchev–Trinajstić information content (AvgIpc) is 2.88. The Bertz CT molecular complexity index is 239. The molecule has 1 aliphatic heterocycles. The van der Waals surface area contributed by atoms with Gasteiger partial charge in [-0.25, -0.2) is 0 Å². The maximum atomic E-state index is 11.8. The Labute approximate surface area is 97.0 Å². The van der Waals surface area contributed by atoms with E-state index in [4.69, 9.17) is 5.11 Å². The highest BCUT2D eigenvalue weighted by atomic mass is 16.3. The molecule has 1 amide bonds. The SMILES string of the molecule is O=C(CN1CCC[C@H]1CO)NC1CCCC1. The van der Waals surface area contributed by atoms with Gasteiger partial charge in [0.05, 0.1) is 13.2 Å². The lowest BCUT2D eigenvalue weighted by molar-refractivity contribution is -0.123. The van der Waals surface area contributed by atoms with Crippen molar-refractivity contribution in [3.8, 4) is 0 Å². The molecule has 4 nitrogen and oxygen atoms in total. The van der Waals surface area contributed by atoms with Crippen molar-refractivity contribution in [2.75, 3.05) is 19.7 Å². The van der Waals surface area contributed by atoms with Gasteiger partial charge in [0.2, 0.25) is 5.91 Å². The summed E-state index contributed by atoms with van der Waals surface area (Å²) in [6, 6.07) is 0.608. The van der Waals surface area contributed by atoms with Crippen LogP contribution in [0.15, 0.2) is 0 Å². The fraction of sp³-hybridized carbons (Fsp3) is 0.917. The highest BCUT2D eigenvalue weighted by Crippen LogP contribution is 2.18. The Balaban J connectivity index is 1.73. The summed E-state index contributed by atoms with van der Waals surface area (Å²) in [6.45, 7) is 1.59. The third-order valence-electron chi connectivity index (χ3n) is 3.78.